The molecule has 32 heavy (non-hydrogen) atoms. The van der Waals surface area contributed by atoms with Crippen LogP contribution in [0.15, 0.2) is 36.5 Å². The minimum atomic E-state index is 0. The van der Waals surface area contributed by atoms with E-state index in [1.54, 1.807) is 0 Å². The van der Waals surface area contributed by atoms with Gasteiger partial charge < -0.3 is 4.74 Å². The molecule has 3 nitrogen and oxygen atoms in total. The van der Waals surface area contributed by atoms with E-state index in [0.29, 0.717) is 18.7 Å². The first-order valence-electron chi connectivity index (χ1n) is 12.8. The summed E-state index contributed by atoms with van der Waals surface area (Å²) in [4.78, 5) is 17.1. The number of ketones is 1. The van der Waals surface area contributed by atoms with E-state index in [0.717, 1.165) is 37.4 Å². The van der Waals surface area contributed by atoms with Crippen LogP contribution in [0.2, 0.25) is 0 Å². The van der Waals surface area contributed by atoms with Gasteiger partial charge in [-0.3, -0.25) is 9.78 Å². The van der Waals surface area contributed by atoms with Gasteiger partial charge >= 0.3 is 0 Å². The number of nitrogens with zero attached hydrogens (tertiary/aromatic N) is 1. The van der Waals surface area contributed by atoms with Crippen LogP contribution in [-0.2, 0) is 19.3 Å². The molecule has 0 aliphatic carbocycles. The third kappa shape index (κ3) is 7.46. The molecule has 0 bridgehead atoms. The van der Waals surface area contributed by atoms with E-state index >= 15 is 0 Å². The predicted molar refractivity (Wildman–Crippen MR) is 135 cm³/mol. The summed E-state index contributed by atoms with van der Waals surface area (Å²) in [5, 5.41) is 0. The number of ether oxygens (including phenoxy) is 1. The maximum absolute atomic E-state index is 12.7. The van der Waals surface area contributed by atoms with Crippen molar-refractivity contribution < 1.29 is 11.0 Å². The monoisotopic (exact) mass is 437 g/mol. The minimum Gasteiger partial charge on any atom is -0.493 e. The first-order chi connectivity index (χ1) is 15.6. The van der Waals surface area contributed by atoms with E-state index in [4.69, 9.17) is 4.74 Å². The highest BCUT2D eigenvalue weighted by atomic mass is 16.5. The Hall–Kier alpha value is -2.16. The fourth-order valence-electron chi connectivity index (χ4n) is 4.71. The lowest BCUT2D eigenvalue weighted by molar-refractivity contribution is 0.0929. The zero-order chi connectivity index (χ0) is 22.8. The molecule has 0 radical (unpaired) electrons. The summed E-state index contributed by atoms with van der Waals surface area (Å²) in [5.41, 5.74) is 4.40. The van der Waals surface area contributed by atoms with Crippen molar-refractivity contribution in [3.05, 3.63) is 58.9 Å². The standard InChI is InChI=1S/C29H41NO2.H2/c1-4-6-11-24-14-16-27(30-20-24)28(31)18-25-17-26-15-13-23(19-29(26)32-21-25)12-8-7-10-22(3)9-5-2;/h13-16,19-20,22,25H,4-12,17-18,21H2,1-3H3;1H/t22?,25-;/m0./s1. The summed E-state index contributed by atoms with van der Waals surface area (Å²) in [6.07, 6.45) is 14.3. The molecule has 0 fully saturated rings. The molecule has 3 heteroatoms. The average Bonchev–Trinajstić information content (AvgIpc) is 2.81. The zero-order valence-electron chi connectivity index (χ0n) is 20.4. The molecular formula is C29H43NO2. The van der Waals surface area contributed by atoms with Crippen LogP contribution >= 0.6 is 0 Å². The van der Waals surface area contributed by atoms with E-state index in [9.17, 15) is 4.79 Å². The molecule has 176 valence electrons. The number of aryl methyl sites for hydroxylation is 2. The van der Waals surface area contributed by atoms with E-state index in [2.05, 4.69) is 50.0 Å². The number of pyridine rings is 1. The Balaban J connectivity index is 0.00000385. The van der Waals surface area contributed by atoms with E-state index in [1.165, 1.54) is 55.2 Å². The first kappa shape index (κ1) is 24.5. The largest absolute Gasteiger partial charge is 0.493 e. The summed E-state index contributed by atoms with van der Waals surface area (Å²) in [6.45, 7) is 7.44. The van der Waals surface area contributed by atoms with Gasteiger partial charge in [-0.25, -0.2) is 0 Å². The lowest BCUT2D eigenvalue weighted by atomic mass is 9.90. The number of aromatic nitrogens is 1. The van der Waals surface area contributed by atoms with Crippen LogP contribution in [0.5, 0.6) is 5.75 Å². The second kappa shape index (κ2) is 12.8. The second-order valence-electron chi connectivity index (χ2n) is 9.75. The van der Waals surface area contributed by atoms with Crippen LogP contribution in [0.1, 0.15) is 101 Å². The lowest BCUT2D eigenvalue weighted by Gasteiger charge is -2.25. The van der Waals surface area contributed by atoms with Crippen molar-refractivity contribution in [3.8, 4) is 5.75 Å². The molecule has 1 aliphatic rings. The molecule has 2 aromatic rings. The van der Waals surface area contributed by atoms with Crippen molar-refractivity contribution in [1.82, 2.24) is 4.98 Å². The zero-order valence-corrected chi connectivity index (χ0v) is 20.4. The summed E-state index contributed by atoms with van der Waals surface area (Å²) in [6, 6.07) is 10.6. The van der Waals surface area contributed by atoms with Gasteiger partial charge in [0.2, 0.25) is 0 Å². The molecule has 1 aromatic carbocycles. The molecule has 3 rings (SSSR count). The summed E-state index contributed by atoms with van der Waals surface area (Å²) in [5.74, 6) is 2.21. The lowest BCUT2D eigenvalue weighted by Crippen LogP contribution is -2.24. The van der Waals surface area contributed by atoms with Gasteiger partial charge in [0, 0.05) is 20.0 Å². The van der Waals surface area contributed by atoms with Crippen LogP contribution in [0.3, 0.4) is 0 Å². The van der Waals surface area contributed by atoms with Crippen molar-refractivity contribution in [2.75, 3.05) is 6.61 Å². The number of carbonyl (C=O) groups excluding carboxylic acids is 1. The van der Waals surface area contributed by atoms with Gasteiger partial charge in [0.05, 0.1) is 6.61 Å². The minimum absolute atomic E-state index is 0. The highest BCUT2D eigenvalue weighted by molar-refractivity contribution is 5.94. The van der Waals surface area contributed by atoms with E-state index in [1.807, 2.05) is 12.3 Å². The van der Waals surface area contributed by atoms with E-state index < -0.39 is 0 Å². The number of unbranched alkanes of at least 4 members (excludes halogenated alkanes) is 2. The molecule has 0 saturated heterocycles. The predicted octanol–water partition coefficient (Wildman–Crippen LogP) is 7.64. The molecule has 0 N–H and O–H groups in total. The Morgan fingerprint density at radius 3 is 2.62 bits per heavy atom. The topological polar surface area (TPSA) is 39.2 Å². The van der Waals surface area contributed by atoms with Crippen molar-refractivity contribution >= 4 is 5.78 Å². The number of Topliss-reactive ketones (excluding diaryl/α,β-unsaturated/α-hetero) is 1. The highest BCUT2D eigenvalue weighted by Gasteiger charge is 2.23. The molecule has 2 atom stereocenters. The molecule has 0 saturated carbocycles. The average molecular weight is 438 g/mol. The number of rotatable bonds is 13. The van der Waals surface area contributed by atoms with Gasteiger partial charge in [0.1, 0.15) is 11.4 Å². The highest BCUT2D eigenvalue weighted by Crippen LogP contribution is 2.31. The van der Waals surface area contributed by atoms with E-state index in [-0.39, 0.29) is 13.1 Å². The van der Waals surface area contributed by atoms with Crippen molar-refractivity contribution in [3.63, 3.8) is 0 Å². The third-order valence-corrected chi connectivity index (χ3v) is 6.71. The van der Waals surface area contributed by atoms with Gasteiger partial charge in [-0.15, -0.1) is 0 Å². The quantitative estimate of drug-likeness (QED) is 0.239. The molecule has 0 amide bonds. The number of hydrogen-bond donors (Lipinski definition) is 0. The molecule has 0 spiro atoms. The Morgan fingerprint density at radius 1 is 1.06 bits per heavy atom. The Kier molecular flexibility index (Phi) is 9.77. The number of carbonyl (C=O) groups is 1. The smallest absolute Gasteiger partial charge is 0.181 e. The van der Waals surface area contributed by atoms with Crippen LogP contribution < -0.4 is 4.74 Å². The van der Waals surface area contributed by atoms with Gasteiger partial charge in [-0.05, 0) is 66.8 Å². The summed E-state index contributed by atoms with van der Waals surface area (Å²) < 4.78 is 6.08. The van der Waals surface area contributed by atoms with Gasteiger partial charge in [-0.2, -0.15) is 0 Å². The van der Waals surface area contributed by atoms with Crippen LogP contribution in [0.25, 0.3) is 0 Å². The van der Waals surface area contributed by atoms with Gasteiger partial charge in [0.15, 0.2) is 5.78 Å². The number of fused-ring (bicyclic) bond motifs is 1. The molecule has 1 aliphatic heterocycles. The summed E-state index contributed by atoms with van der Waals surface area (Å²) in [7, 11) is 0. The SMILES string of the molecule is CCCCc1ccc(C(=O)C[C@H]2COc3cc(CCCCC(C)CCC)ccc3C2)nc1.[HH]. The normalized spacial score (nSPS) is 16.3. The van der Waals surface area contributed by atoms with Crippen LogP contribution in [-0.4, -0.2) is 17.4 Å². The van der Waals surface area contributed by atoms with Crippen LogP contribution in [0, 0.1) is 11.8 Å². The Labute approximate surface area is 196 Å². The van der Waals surface area contributed by atoms with Crippen molar-refractivity contribution in [1.29, 1.82) is 0 Å². The van der Waals surface area contributed by atoms with Crippen molar-refractivity contribution in [2.24, 2.45) is 11.8 Å². The number of hydrogen-bond acceptors (Lipinski definition) is 3. The third-order valence-electron chi connectivity index (χ3n) is 6.71. The van der Waals surface area contributed by atoms with Crippen molar-refractivity contribution in [2.45, 2.75) is 91.4 Å². The fourth-order valence-corrected chi connectivity index (χ4v) is 4.71. The first-order valence-corrected chi connectivity index (χ1v) is 12.8. The molecule has 1 aromatic heterocycles. The van der Waals surface area contributed by atoms with Gasteiger partial charge in [-0.1, -0.05) is 71.1 Å². The maximum Gasteiger partial charge on any atom is 0.181 e. The second-order valence-corrected chi connectivity index (χ2v) is 9.75. The van der Waals surface area contributed by atoms with Crippen LogP contribution in [0.4, 0.5) is 0 Å². The van der Waals surface area contributed by atoms with Gasteiger partial charge in [0.25, 0.3) is 0 Å². The molecule has 2 heterocycles. The number of benzene rings is 1. The Bertz CT molecular complexity index is 849. The maximum atomic E-state index is 12.7. The molecular weight excluding hydrogens is 394 g/mol. The molecule has 1 unspecified atom stereocenters. The summed E-state index contributed by atoms with van der Waals surface area (Å²) >= 11 is 0. The fraction of sp³-hybridized carbons (Fsp3) is 0.586. The Morgan fingerprint density at radius 2 is 1.88 bits per heavy atom.